The number of amidine groups is 1. The number of carbonyl (C=O) groups excluding carboxylic acids is 2. The SMILES string of the molecule is N=C(NC(=O)OCc1ccccc1)c1ccc(CNC(=O)[C@@H]2CCc3c(Cl)nc(NC4CCC4)c(=O)n32)cc1. The van der Waals surface area contributed by atoms with Crippen molar-refractivity contribution in [3.8, 4) is 0 Å². The number of halogens is 1. The van der Waals surface area contributed by atoms with E-state index in [0.29, 0.717) is 24.1 Å². The lowest BCUT2D eigenvalue weighted by molar-refractivity contribution is -0.124. The van der Waals surface area contributed by atoms with Gasteiger partial charge in [0.2, 0.25) is 5.91 Å². The van der Waals surface area contributed by atoms with Crippen LogP contribution in [0.25, 0.3) is 0 Å². The summed E-state index contributed by atoms with van der Waals surface area (Å²) in [5, 5.41) is 16.9. The van der Waals surface area contributed by atoms with Crippen molar-refractivity contribution in [1.29, 1.82) is 5.41 Å². The van der Waals surface area contributed by atoms with E-state index >= 15 is 0 Å². The number of fused-ring (bicyclic) bond motifs is 1. The van der Waals surface area contributed by atoms with Gasteiger partial charge in [-0.2, -0.15) is 0 Å². The molecule has 4 N–H and O–H groups in total. The third kappa shape index (κ3) is 6.12. The maximum absolute atomic E-state index is 13.1. The molecule has 202 valence electrons. The van der Waals surface area contributed by atoms with E-state index < -0.39 is 12.1 Å². The Morgan fingerprint density at radius 3 is 2.49 bits per heavy atom. The number of hydrogen-bond donors (Lipinski definition) is 4. The van der Waals surface area contributed by atoms with Gasteiger partial charge in [-0.15, -0.1) is 0 Å². The third-order valence-electron chi connectivity index (χ3n) is 7.02. The Kier molecular flexibility index (Phi) is 7.92. The van der Waals surface area contributed by atoms with Crippen molar-refractivity contribution in [2.24, 2.45) is 0 Å². The van der Waals surface area contributed by atoms with Crippen molar-refractivity contribution >= 4 is 35.3 Å². The molecule has 2 amide bonds. The van der Waals surface area contributed by atoms with Gasteiger partial charge in [0.15, 0.2) is 11.0 Å². The van der Waals surface area contributed by atoms with E-state index in [2.05, 4.69) is 20.9 Å². The number of nitrogens with one attached hydrogen (secondary N) is 4. The summed E-state index contributed by atoms with van der Waals surface area (Å²) >= 11 is 6.36. The van der Waals surface area contributed by atoms with E-state index in [1.165, 1.54) is 4.57 Å². The predicted molar refractivity (Wildman–Crippen MR) is 147 cm³/mol. The summed E-state index contributed by atoms with van der Waals surface area (Å²) in [6.45, 7) is 0.350. The minimum absolute atomic E-state index is 0.0950. The number of aromatic nitrogens is 2. The molecule has 1 saturated carbocycles. The fourth-order valence-corrected chi connectivity index (χ4v) is 4.89. The Morgan fingerprint density at radius 1 is 1.05 bits per heavy atom. The van der Waals surface area contributed by atoms with Gasteiger partial charge in [-0.25, -0.2) is 9.78 Å². The highest BCUT2D eigenvalue weighted by atomic mass is 35.5. The first kappa shape index (κ1) is 26.4. The Labute approximate surface area is 230 Å². The van der Waals surface area contributed by atoms with E-state index in [4.69, 9.17) is 21.7 Å². The van der Waals surface area contributed by atoms with Crippen LogP contribution in [0.15, 0.2) is 59.4 Å². The molecule has 0 saturated heterocycles. The van der Waals surface area contributed by atoms with E-state index in [9.17, 15) is 14.4 Å². The second-order valence-electron chi connectivity index (χ2n) is 9.68. The molecule has 0 unspecified atom stereocenters. The highest BCUT2D eigenvalue weighted by Crippen LogP contribution is 2.30. The normalized spacial score (nSPS) is 16.1. The van der Waals surface area contributed by atoms with Crippen molar-refractivity contribution in [1.82, 2.24) is 20.2 Å². The van der Waals surface area contributed by atoms with Gasteiger partial charge in [0.05, 0.1) is 5.69 Å². The highest BCUT2D eigenvalue weighted by Gasteiger charge is 2.33. The number of nitrogens with zero attached hydrogens (tertiary/aromatic N) is 2. The predicted octanol–water partition coefficient (Wildman–Crippen LogP) is 3.92. The van der Waals surface area contributed by atoms with Gasteiger partial charge in [-0.05, 0) is 43.2 Å². The molecule has 5 rings (SSSR count). The van der Waals surface area contributed by atoms with E-state index in [1.54, 1.807) is 24.3 Å². The van der Waals surface area contributed by atoms with Crippen molar-refractivity contribution < 1.29 is 14.3 Å². The number of rotatable bonds is 8. The summed E-state index contributed by atoms with van der Waals surface area (Å²) < 4.78 is 6.63. The van der Waals surface area contributed by atoms with Crippen molar-refractivity contribution in [3.63, 3.8) is 0 Å². The zero-order valence-electron chi connectivity index (χ0n) is 21.2. The van der Waals surface area contributed by atoms with Gasteiger partial charge in [0.25, 0.3) is 5.56 Å². The molecule has 10 nitrogen and oxygen atoms in total. The molecule has 0 bridgehead atoms. The average Bonchev–Trinajstić information content (AvgIpc) is 3.38. The summed E-state index contributed by atoms with van der Waals surface area (Å²) in [4.78, 5) is 42.5. The van der Waals surface area contributed by atoms with Crippen LogP contribution in [-0.2, 0) is 29.1 Å². The summed E-state index contributed by atoms with van der Waals surface area (Å²) in [5.41, 5.74) is 2.40. The van der Waals surface area contributed by atoms with Crippen LogP contribution in [0, 0.1) is 5.41 Å². The molecule has 2 aliphatic rings. The molecule has 1 atom stereocenters. The van der Waals surface area contributed by atoms with Gasteiger partial charge in [0, 0.05) is 18.2 Å². The molecule has 0 radical (unpaired) electrons. The number of alkyl carbamates (subject to hydrolysis) is 1. The van der Waals surface area contributed by atoms with E-state index in [-0.39, 0.29) is 47.5 Å². The molecule has 2 heterocycles. The van der Waals surface area contributed by atoms with E-state index in [1.807, 2.05) is 30.3 Å². The van der Waals surface area contributed by atoms with Crippen LogP contribution in [0.2, 0.25) is 5.15 Å². The number of amides is 2. The Hall–Kier alpha value is -4.18. The topological polar surface area (TPSA) is 138 Å². The first-order valence-corrected chi connectivity index (χ1v) is 13.3. The first-order chi connectivity index (χ1) is 18.9. The van der Waals surface area contributed by atoms with E-state index in [0.717, 1.165) is 30.4 Å². The molecular weight excluding hydrogens is 520 g/mol. The largest absolute Gasteiger partial charge is 0.444 e. The summed E-state index contributed by atoms with van der Waals surface area (Å²) in [6, 6.07) is 15.7. The van der Waals surface area contributed by atoms with Crippen LogP contribution in [0.1, 0.15) is 54.1 Å². The van der Waals surface area contributed by atoms with Crippen molar-refractivity contribution in [2.45, 2.75) is 57.3 Å². The van der Waals surface area contributed by atoms with Gasteiger partial charge in [-0.3, -0.25) is 24.9 Å². The summed E-state index contributed by atoms with van der Waals surface area (Å²) in [5.74, 6) is -0.168. The molecule has 1 aromatic heterocycles. The number of anilines is 1. The lowest BCUT2D eigenvalue weighted by Crippen LogP contribution is -2.38. The Bertz CT molecular complexity index is 1440. The van der Waals surface area contributed by atoms with Crippen LogP contribution in [0.4, 0.5) is 10.6 Å². The Morgan fingerprint density at radius 2 is 1.79 bits per heavy atom. The molecule has 1 aliphatic heterocycles. The van der Waals surface area contributed by atoms with Crippen LogP contribution in [-0.4, -0.2) is 33.4 Å². The maximum atomic E-state index is 13.1. The fourth-order valence-electron chi connectivity index (χ4n) is 4.62. The van der Waals surface area contributed by atoms with Crippen LogP contribution >= 0.6 is 11.6 Å². The van der Waals surface area contributed by atoms with Gasteiger partial charge in [0.1, 0.15) is 18.5 Å². The highest BCUT2D eigenvalue weighted by molar-refractivity contribution is 6.30. The van der Waals surface area contributed by atoms with Gasteiger partial charge < -0.3 is 15.4 Å². The molecule has 1 fully saturated rings. The monoisotopic (exact) mass is 548 g/mol. The molecule has 2 aromatic carbocycles. The molecule has 1 aliphatic carbocycles. The molecule has 11 heteroatoms. The van der Waals surface area contributed by atoms with Crippen LogP contribution < -0.4 is 21.5 Å². The second-order valence-corrected chi connectivity index (χ2v) is 10.0. The minimum Gasteiger partial charge on any atom is -0.444 e. The molecule has 39 heavy (non-hydrogen) atoms. The van der Waals surface area contributed by atoms with Crippen LogP contribution in [0.5, 0.6) is 0 Å². The zero-order valence-corrected chi connectivity index (χ0v) is 22.0. The van der Waals surface area contributed by atoms with Crippen LogP contribution in [0.3, 0.4) is 0 Å². The second kappa shape index (κ2) is 11.7. The first-order valence-electron chi connectivity index (χ1n) is 12.9. The molecular formula is C28H29ClN6O4. The smallest absolute Gasteiger partial charge is 0.413 e. The third-order valence-corrected chi connectivity index (χ3v) is 7.33. The van der Waals surface area contributed by atoms with Crippen molar-refractivity contribution in [3.05, 3.63) is 92.5 Å². The zero-order chi connectivity index (χ0) is 27.4. The number of benzene rings is 2. The average molecular weight is 549 g/mol. The maximum Gasteiger partial charge on any atom is 0.413 e. The minimum atomic E-state index is -0.714. The van der Waals surface area contributed by atoms with Gasteiger partial charge >= 0.3 is 6.09 Å². The molecule has 0 spiro atoms. The standard InChI is InChI=1S/C28H29ClN6O4/c29-23-21-13-14-22(35(21)27(37)25(33-23)32-20-7-4-8-20)26(36)31-15-17-9-11-19(12-10-17)24(30)34-28(38)39-16-18-5-2-1-3-6-18/h1-3,5-6,9-12,20,22H,4,7-8,13-16H2,(H,31,36)(H,32,33)(H2,30,34,38)/t22-/m0/s1. The molecule has 3 aromatic rings. The quantitative estimate of drug-likeness (QED) is 0.249. The number of hydrogen-bond acceptors (Lipinski definition) is 7. The fraction of sp³-hybridized carbons (Fsp3) is 0.321. The summed E-state index contributed by atoms with van der Waals surface area (Å²) in [6.07, 6.45) is 3.34. The number of carbonyl (C=O) groups is 2. The summed E-state index contributed by atoms with van der Waals surface area (Å²) in [7, 11) is 0. The van der Waals surface area contributed by atoms with Gasteiger partial charge in [-0.1, -0.05) is 66.2 Å². The van der Waals surface area contributed by atoms with Crippen molar-refractivity contribution in [2.75, 3.05) is 5.32 Å². The lowest BCUT2D eigenvalue weighted by atomic mass is 9.93. The lowest BCUT2D eigenvalue weighted by Gasteiger charge is -2.27. The number of ether oxygens (including phenoxy) is 1. The Balaban J connectivity index is 1.15.